The van der Waals surface area contributed by atoms with Crippen LogP contribution in [-0.4, -0.2) is 38.1 Å². The number of Topliss-reactive ketones (excluding diaryl/α,β-unsaturated/α-hetero) is 1. The Kier molecular flexibility index (Phi) is 5.73. The number of anilines is 2. The number of ketones is 1. The molecule has 6 nitrogen and oxygen atoms in total. The normalized spacial score (nSPS) is 13.7. The predicted molar refractivity (Wildman–Crippen MR) is 121 cm³/mol. The van der Waals surface area contributed by atoms with Crippen molar-refractivity contribution in [2.24, 2.45) is 0 Å². The summed E-state index contributed by atoms with van der Waals surface area (Å²) in [5.41, 5.74) is 2.56. The highest BCUT2D eigenvalue weighted by molar-refractivity contribution is 7.99. The number of esters is 1. The number of para-hydroxylation sites is 2. The predicted octanol–water partition coefficient (Wildman–Crippen LogP) is 4.88. The average Bonchev–Trinajstić information content (AvgIpc) is 2.84. The van der Waals surface area contributed by atoms with Gasteiger partial charge in [-0.05, 0) is 42.5 Å². The van der Waals surface area contributed by atoms with Gasteiger partial charge in [-0.25, -0.2) is 0 Å². The Morgan fingerprint density at radius 2 is 1.53 bits per heavy atom. The van der Waals surface area contributed by atoms with Crippen molar-refractivity contribution >= 4 is 34.9 Å². The molecule has 0 amide bonds. The van der Waals surface area contributed by atoms with Gasteiger partial charge in [0.25, 0.3) is 0 Å². The number of rotatable bonds is 6. The van der Waals surface area contributed by atoms with Crippen LogP contribution in [0.15, 0.2) is 76.5 Å². The van der Waals surface area contributed by atoms with Crippen LogP contribution in [0, 0.1) is 0 Å². The van der Waals surface area contributed by atoms with Crippen LogP contribution in [0.4, 0.5) is 11.4 Å². The van der Waals surface area contributed by atoms with Crippen LogP contribution < -0.4 is 14.4 Å². The van der Waals surface area contributed by atoms with Gasteiger partial charge in [0.05, 0.1) is 17.8 Å². The molecular weight excluding hydrogens is 426 g/mol. The quantitative estimate of drug-likeness (QED) is 0.394. The van der Waals surface area contributed by atoms with E-state index in [0.717, 1.165) is 21.2 Å². The summed E-state index contributed by atoms with van der Waals surface area (Å²) < 4.78 is 16.3. The van der Waals surface area contributed by atoms with E-state index in [4.69, 9.17) is 14.2 Å². The largest absolute Gasteiger partial charge is 0.486 e. The van der Waals surface area contributed by atoms with Gasteiger partial charge in [-0.1, -0.05) is 36.0 Å². The Bertz CT molecular complexity index is 1130. The molecule has 0 unspecified atom stereocenters. The van der Waals surface area contributed by atoms with E-state index in [9.17, 15) is 9.59 Å². The second kappa shape index (κ2) is 8.96. The van der Waals surface area contributed by atoms with E-state index in [1.54, 1.807) is 30.0 Å². The van der Waals surface area contributed by atoms with Gasteiger partial charge in [-0.3, -0.25) is 9.59 Å². The van der Waals surface area contributed by atoms with Crippen molar-refractivity contribution < 1.29 is 23.8 Å². The summed E-state index contributed by atoms with van der Waals surface area (Å²) in [5.74, 6) is 0.461. The number of carbonyl (C=O) groups is 2. The maximum atomic E-state index is 12.5. The third kappa shape index (κ3) is 4.16. The minimum absolute atomic E-state index is 0.168. The molecule has 0 radical (unpaired) electrons. The lowest BCUT2D eigenvalue weighted by molar-refractivity contribution is -0.142. The monoisotopic (exact) mass is 447 g/mol. The Balaban J connectivity index is 1.21. The van der Waals surface area contributed by atoms with E-state index in [2.05, 4.69) is 29.2 Å². The minimum atomic E-state index is -0.413. The highest BCUT2D eigenvalue weighted by atomic mass is 32.2. The van der Waals surface area contributed by atoms with Gasteiger partial charge in [-0.15, -0.1) is 0 Å². The standard InChI is InChI=1S/C25H21NO5S/c27-20(17-9-10-21-22(15-17)30-14-13-29-21)16-31-25(28)11-12-26-18-5-1-3-7-23(18)32-24-8-4-2-6-19(24)26/h1-10,15H,11-14,16H2. The molecule has 0 saturated carbocycles. The molecule has 0 spiro atoms. The van der Waals surface area contributed by atoms with Crippen molar-refractivity contribution in [2.75, 3.05) is 31.3 Å². The fraction of sp³-hybridized carbons (Fsp3) is 0.200. The number of hydrogen-bond acceptors (Lipinski definition) is 7. The van der Waals surface area contributed by atoms with Crippen LogP contribution in [0.3, 0.4) is 0 Å². The van der Waals surface area contributed by atoms with Crippen LogP contribution in [0.1, 0.15) is 16.8 Å². The van der Waals surface area contributed by atoms with Gasteiger partial charge in [-0.2, -0.15) is 0 Å². The van der Waals surface area contributed by atoms with Crippen molar-refractivity contribution in [3.63, 3.8) is 0 Å². The minimum Gasteiger partial charge on any atom is -0.486 e. The topological polar surface area (TPSA) is 65.1 Å². The number of carbonyl (C=O) groups excluding carboxylic acids is 2. The van der Waals surface area contributed by atoms with Gasteiger partial charge < -0.3 is 19.1 Å². The van der Waals surface area contributed by atoms with Crippen molar-refractivity contribution in [3.8, 4) is 11.5 Å². The molecule has 0 aromatic heterocycles. The summed E-state index contributed by atoms with van der Waals surface area (Å²) in [6.07, 6.45) is 0.168. The molecule has 5 rings (SSSR count). The van der Waals surface area contributed by atoms with Crippen molar-refractivity contribution in [2.45, 2.75) is 16.2 Å². The molecule has 0 atom stereocenters. The van der Waals surface area contributed by atoms with Gasteiger partial charge in [0.15, 0.2) is 23.9 Å². The summed E-state index contributed by atoms with van der Waals surface area (Å²) in [6, 6.07) is 21.2. The first-order chi connectivity index (χ1) is 15.7. The Hall–Kier alpha value is -3.45. The van der Waals surface area contributed by atoms with Crippen LogP contribution >= 0.6 is 11.8 Å². The molecule has 3 aromatic rings. The molecule has 0 N–H and O–H groups in total. The molecular formula is C25H21NO5S. The number of hydrogen-bond donors (Lipinski definition) is 0. The Labute approximate surface area is 190 Å². The molecule has 0 fully saturated rings. The third-order valence-corrected chi connectivity index (χ3v) is 6.43. The summed E-state index contributed by atoms with van der Waals surface area (Å²) >= 11 is 1.72. The van der Waals surface area contributed by atoms with Crippen LogP contribution in [0.2, 0.25) is 0 Å². The molecule has 0 saturated heterocycles. The SMILES string of the molecule is O=C(CCN1c2ccccc2Sc2ccccc21)OCC(=O)c1ccc2c(c1)OCCO2. The first-order valence-electron chi connectivity index (χ1n) is 10.4. The second-order valence-electron chi connectivity index (χ2n) is 7.38. The maximum Gasteiger partial charge on any atom is 0.308 e. The molecule has 2 heterocycles. The molecule has 162 valence electrons. The molecule has 2 aliphatic heterocycles. The van der Waals surface area contributed by atoms with Gasteiger partial charge in [0.1, 0.15) is 13.2 Å². The smallest absolute Gasteiger partial charge is 0.308 e. The lowest BCUT2D eigenvalue weighted by atomic mass is 10.1. The van der Waals surface area contributed by atoms with E-state index < -0.39 is 5.97 Å². The lowest BCUT2D eigenvalue weighted by Crippen LogP contribution is -2.25. The van der Waals surface area contributed by atoms with Crippen molar-refractivity contribution in [1.82, 2.24) is 0 Å². The van der Waals surface area contributed by atoms with E-state index in [1.165, 1.54) is 0 Å². The fourth-order valence-electron chi connectivity index (χ4n) is 3.74. The summed E-state index contributed by atoms with van der Waals surface area (Å²) in [5, 5.41) is 0. The highest BCUT2D eigenvalue weighted by Crippen LogP contribution is 2.47. The summed E-state index contributed by atoms with van der Waals surface area (Å²) in [7, 11) is 0. The van der Waals surface area contributed by atoms with Crippen molar-refractivity contribution in [3.05, 3.63) is 72.3 Å². The molecule has 0 bridgehead atoms. The highest BCUT2D eigenvalue weighted by Gasteiger charge is 2.23. The summed E-state index contributed by atoms with van der Waals surface area (Å²) in [4.78, 5) is 29.3. The van der Waals surface area contributed by atoms with Gasteiger partial charge >= 0.3 is 5.97 Å². The molecule has 3 aromatic carbocycles. The second-order valence-corrected chi connectivity index (χ2v) is 8.47. The number of ether oxygens (including phenoxy) is 3. The molecule has 32 heavy (non-hydrogen) atoms. The van der Waals surface area contributed by atoms with Gasteiger partial charge in [0.2, 0.25) is 0 Å². The van der Waals surface area contributed by atoms with Gasteiger partial charge in [0, 0.05) is 21.9 Å². The third-order valence-electron chi connectivity index (χ3n) is 5.30. The van der Waals surface area contributed by atoms with E-state index >= 15 is 0 Å². The first kappa shape index (κ1) is 20.5. The van der Waals surface area contributed by atoms with Crippen LogP contribution in [0.25, 0.3) is 0 Å². The van der Waals surface area contributed by atoms with E-state index in [-0.39, 0.29) is 18.8 Å². The molecule has 2 aliphatic rings. The average molecular weight is 448 g/mol. The Morgan fingerprint density at radius 1 is 0.875 bits per heavy atom. The van der Waals surface area contributed by atoms with Crippen LogP contribution in [0.5, 0.6) is 11.5 Å². The van der Waals surface area contributed by atoms with Crippen LogP contribution in [-0.2, 0) is 9.53 Å². The zero-order chi connectivity index (χ0) is 21.9. The molecule has 0 aliphatic carbocycles. The zero-order valence-electron chi connectivity index (χ0n) is 17.3. The number of nitrogens with zero attached hydrogens (tertiary/aromatic N) is 1. The van der Waals surface area contributed by atoms with Crippen molar-refractivity contribution in [1.29, 1.82) is 0 Å². The molecule has 7 heteroatoms. The summed E-state index contributed by atoms with van der Waals surface area (Å²) in [6.45, 7) is 1.09. The fourth-order valence-corrected chi connectivity index (χ4v) is 4.84. The zero-order valence-corrected chi connectivity index (χ0v) is 18.1. The maximum absolute atomic E-state index is 12.5. The lowest BCUT2D eigenvalue weighted by Gasteiger charge is -2.32. The van der Waals surface area contributed by atoms with E-state index in [0.29, 0.717) is 36.8 Å². The Morgan fingerprint density at radius 3 is 2.25 bits per heavy atom. The van der Waals surface area contributed by atoms with E-state index in [1.807, 2.05) is 24.3 Å². The number of benzene rings is 3. The first-order valence-corrected chi connectivity index (χ1v) is 11.2. The number of fused-ring (bicyclic) bond motifs is 3.